The van der Waals surface area contributed by atoms with Gasteiger partial charge in [-0.05, 0) is 114 Å². The summed E-state index contributed by atoms with van der Waals surface area (Å²) in [6.45, 7) is 21.4. The maximum absolute atomic E-state index is 5.54. The van der Waals surface area contributed by atoms with Gasteiger partial charge in [-0.2, -0.15) is 0 Å². The van der Waals surface area contributed by atoms with Gasteiger partial charge in [-0.3, -0.25) is 9.80 Å². The summed E-state index contributed by atoms with van der Waals surface area (Å²) in [6, 6.07) is 29.2. The number of methoxy groups -OCH3 is 2. The van der Waals surface area contributed by atoms with Crippen molar-refractivity contribution in [3.63, 3.8) is 0 Å². The highest BCUT2D eigenvalue weighted by atomic mass is 16.5. The van der Waals surface area contributed by atoms with E-state index >= 15 is 0 Å². The predicted octanol–water partition coefficient (Wildman–Crippen LogP) is 10.7. The number of nitrogens with zero attached hydrogens (tertiary/aromatic N) is 2. The zero-order valence-electron chi connectivity index (χ0n) is 32.3. The molecule has 2 aliphatic carbocycles. The molecule has 0 N–H and O–H groups in total. The summed E-state index contributed by atoms with van der Waals surface area (Å²) in [5.74, 6) is 4.27. The van der Waals surface area contributed by atoms with Crippen LogP contribution in [0, 0.1) is 28.6 Å². The van der Waals surface area contributed by atoms with Crippen LogP contribution in [0.15, 0.2) is 78.9 Å². The van der Waals surface area contributed by atoms with E-state index in [1.165, 1.54) is 48.8 Å². The summed E-state index contributed by atoms with van der Waals surface area (Å²) in [7, 11) is 3.51. The van der Waals surface area contributed by atoms with Gasteiger partial charge < -0.3 is 9.47 Å². The third kappa shape index (κ3) is 10.6. The van der Waals surface area contributed by atoms with Crippen molar-refractivity contribution in [1.82, 2.24) is 9.80 Å². The first-order chi connectivity index (χ1) is 23.2. The molecule has 3 atom stereocenters. The van der Waals surface area contributed by atoms with Crippen molar-refractivity contribution in [1.29, 1.82) is 0 Å². The molecule has 5 rings (SSSR count). The Morgan fingerprint density at radius 3 is 1.71 bits per heavy atom. The maximum atomic E-state index is 5.54. The Morgan fingerprint density at radius 1 is 0.673 bits per heavy atom. The molecule has 49 heavy (non-hydrogen) atoms. The third-order valence-electron chi connectivity index (χ3n) is 11.3. The van der Waals surface area contributed by atoms with E-state index in [-0.39, 0.29) is 16.4 Å². The number of benzene rings is 3. The van der Waals surface area contributed by atoms with Crippen molar-refractivity contribution >= 4 is 0 Å². The standard InChI is InChI=1S/C45H66N2O2/c1-34-23-39-24-35(2)27-45(26-34,28-39)47(31-38-17-21-42(49-9)22-18-38)33-44(6,7)29-40(25-36-13-11-10-12-14-36)46(32-43(3,4)5)30-37-15-19-41(48-8)20-16-37/h10-22,34-35,39-40H,23-33H2,1-9H3. The highest BCUT2D eigenvalue weighted by molar-refractivity contribution is 5.28. The van der Waals surface area contributed by atoms with Gasteiger partial charge in [0, 0.05) is 37.8 Å². The Hall–Kier alpha value is -2.82. The number of hydrogen-bond acceptors (Lipinski definition) is 4. The van der Waals surface area contributed by atoms with Gasteiger partial charge in [0.05, 0.1) is 14.2 Å². The second-order valence-corrected chi connectivity index (χ2v) is 18.1. The molecule has 3 aromatic rings. The maximum Gasteiger partial charge on any atom is 0.118 e. The van der Waals surface area contributed by atoms with Gasteiger partial charge in [0.1, 0.15) is 11.5 Å². The van der Waals surface area contributed by atoms with Crippen molar-refractivity contribution in [3.05, 3.63) is 95.6 Å². The lowest BCUT2D eigenvalue weighted by Crippen LogP contribution is -2.58. The Balaban J connectivity index is 1.48. The molecular formula is C45H66N2O2. The Bertz CT molecular complexity index is 1410. The van der Waals surface area contributed by atoms with Crippen LogP contribution in [-0.4, -0.2) is 48.7 Å². The molecule has 0 heterocycles. The number of ether oxygens (including phenoxy) is 2. The molecule has 0 amide bonds. The zero-order valence-corrected chi connectivity index (χ0v) is 32.3. The van der Waals surface area contributed by atoms with Crippen LogP contribution in [0.4, 0.5) is 0 Å². The Kier molecular flexibility index (Phi) is 12.2. The van der Waals surface area contributed by atoms with E-state index in [1.54, 1.807) is 14.2 Å². The topological polar surface area (TPSA) is 24.9 Å². The minimum absolute atomic E-state index is 0.105. The van der Waals surface area contributed by atoms with Crippen molar-refractivity contribution in [2.45, 2.75) is 118 Å². The second kappa shape index (κ2) is 16.0. The van der Waals surface area contributed by atoms with Gasteiger partial charge in [0.25, 0.3) is 0 Å². The molecule has 2 fully saturated rings. The van der Waals surface area contributed by atoms with Crippen molar-refractivity contribution in [2.24, 2.45) is 28.6 Å². The lowest BCUT2D eigenvalue weighted by atomic mass is 9.60. The molecule has 2 saturated carbocycles. The van der Waals surface area contributed by atoms with Crippen molar-refractivity contribution < 1.29 is 9.47 Å². The fraction of sp³-hybridized carbons (Fsp3) is 0.600. The predicted molar refractivity (Wildman–Crippen MR) is 206 cm³/mol. The first-order valence-corrected chi connectivity index (χ1v) is 19.0. The van der Waals surface area contributed by atoms with Gasteiger partial charge in [0.15, 0.2) is 0 Å². The number of fused-ring (bicyclic) bond motifs is 2. The van der Waals surface area contributed by atoms with E-state index in [2.05, 4.69) is 137 Å². The van der Waals surface area contributed by atoms with Gasteiger partial charge >= 0.3 is 0 Å². The average molecular weight is 667 g/mol. The van der Waals surface area contributed by atoms with E-state index in [4.69, 9.17) is 9.47 Å². The fourth-order valence-corrected chi connectivity index (χ4v) is 9.71. The quantitative estimate of drug-likeness (QED) is 0.161. The zero-order chi connectivity index (χ0) is 35.2. The smallest absolute Gasteiger partial charge is 0.118 e. The van der Waals surface area contributed by atoms with E-state index < -0.39 is 0 Å². The summed E-state index contributed by atoms with van der Waals surface area (Å²) in [4.78, 5) is 5.77. The van der Waals surface area contributed by atoms with Gasteiger partial charge in [0.2, 0.25) is 0 Å². The van der Waals surface area contributed by atoms with E-state index in [9.17, 15) is 0 Å². The number of hydrogen-bond donors (Lipinski definition) is 0. The van der Waals surface area contributed by atoms with Crippen LogP contribution in [0.25, 0.3) is 0 Å². The van der Waals surface area contributed by atoms with Crippen LogP contribution in [-0.2, 0) is 19.5 Å². The third-order valence-corrected chi connectivity index (χ3v) is 11.3. The molecule has 0 aromatic heterocycles. The van der Waals surface area contributed by atoms with Gasteiger partial charge in [-0.15, -0.1) is 0 Å². The summed E-state index contributed by atoms with van der Waals surface area (Å²) in [5, 5.41) is 0. The molecule has 4 nitrogen and oxygen atoms in total. The molecule has 0 aliphatic heterocycles. The Morgan fingerprint density at radius 2 is 1.20 bits per heavy atom. The normalized spacial score (nSPS) is 23.4. The molecule has 4 heteroatoms. The lowest BCUT2D eigenvalue weighted by molar-refractivity contribution is -0.0640. The monoisotopic (exact) mass is 667 g/mol. The minimum atomic E-state index is 0.105. The molecule has 0 radical (unpaired) electrons. The molecule has 3 aromatic carbocycles. The second-order valence-electron chi connectivity index (χ2n) is 18.1. The van der Waals surface area contributed by atoms with Crippen LogP contribution < -0.4 is 9.47 Å². The van der Waals surface area contributed by atoms with Crippen molar-refractivity contribution in [3.8, 4) is 11.5 Å². The van der Waals surface area contributed by atoms with E-state index in [0.29, 0.717) is 6.04 Å². The van der Waals surface area contributed by atoms with Crippen LogP contribution in [0.1, 0.15) is 104 Å². The Labute approximate surface area is 299 Å². The summed E-state index contributed by atoms with van der Waals surface area (Å²) >= 11 is 0. The van der Waals surface area contributed by atoms with Crippen LogP contribution >= 0.6 is 0 Å². The summed E-state index contributed by atoms with van der Waals surface area (Å²) in [6.07, 6.45) is 8.99. The lowest BCUT2D eigenvalue weighted by Gasteiger charge is -2.57. The molecule has 2 bridgehead atoms. The summed E-state index contributed by atoms with van der Waals surface area (Å²) < 4.78 is 11.0. The first-order valence-electron chi connectivity index (χ1n) is 19.0. The molecule has 268 valence electrons. The largest absolute Gasteiger partial charge is 0.497 e. The van der Waals surface area contributed by atoms with Gasteiger partial charge in [-0.25, -0.2) is 0 Å². The molecule has 3 unspecified atom stereocenters. The highest BCUT2D eigenvalue weighted by Gasteiger charge is 2.49. The van der Waals surface area contributed by atoms with Crippen LogP contribution in [0.3, 0.4) is 0 Å². The molecule has 2 aliphatic rings. The van der Waals surface area contributed by atoms with E-state index in [0.717, 1.165) is 68.3 Å². The van der Waals surface area contributed by atoms with Crippen molar-refractivity contribution in [2.75, 3.05) is 27.3 Å². The van der Waals surface area contributed by atoms with Crippen LogP contribution in [0.5, 0.6) is 11.5 Å². The average Bonchev–Trinajstić information content (AvgIpc) is 3.03. The van der Waals surface area contributed by atoms with E-state index in [1.807, 2.05) is 0 Å². The summed E-state index contributed by atoms with van der Waals surface area (Å²) in [5.41, 5.74) is 4.72. The molecule has 0 spiro atoms. The fourth-order valence-electron chi connectivity index (χ4n) is 9.71. The molecule has 0 saturated heterocycles. The highest BCUT2D eigenvalue weighted by Crippen LogP contribution is 2.51. The molecular weight excluding hydrogens is 601 g/mol. The van der Waals surface area contributed by atoms with Crippen LogP contribution in [0.2, 0.25) is 0 Å². The first kappa shape index (κ1) is 37.4. The van der Waals surface area contributed by atoms with Gasteiger partial charge in [-0.1, -0.05) is 103 Å². The SMILES string of the molecule is COc1ccc(CN(CC(C)(C)C)C(Cc2ccccc2)CC(C)(C)CN(Cc2ccc(OC)cc2)C23CC(C)CC(CC(C)C2)C3)cc1. The minimum Gasteiger partial charge on any atom is -0.497 e. The number of rotatable bonds is 15.